The molecule has 0 saturated carbocycles. The van der Waals surface area contributed by atoms with Crippen LogP contribution in [0.25, 0.3) is 0 Å². The van der Waals surface area contributed by atoms with Gasteiger partial charge >= 0.3 is 0 Å². The fourth-order valence-electron chi connectivity index (χ4n) is 4.74. The SMILES string of the molecule is COCC(=O)N(C)[C@H](Cc1ccc(F)cc1)C1CCN(C(=O)[C@@H]2COc3ccccc3O2)CC1. The molecule has 0 bridgehead atoms. The largest absolute Gasteiger partial charge is 0.485 e. The van der Waals surface area contributed by atoms with E-state index in [9.17, 15) is 14.0 Å². The van der Waals surface area contributed by atoms with Crippen LogP contribution >= 0.6 is 0 Å². The molecule has 0 N–H and O–H groups in total. The van der Waals surface area contributed by atoms with Crippen molar-refractivity contribution in [2.45, 2.75) is 31.4 Å². The lowest BCUT2D eigenvalue weighted by molar-refractivity contribution is -0.144. The molecule has 0 unspecified atom stereocenters. The minimum atomic E-state index is -0.660. The predicted octanol–water partition coefficient (Wildman–Crippen LogP) is 2.92. The van der Waals surface area contributed by atoms with Crippen LogP contribution in [0, 0.1) is 11.7 Å². The maximum Gasteiger partial charge on any atom is 0.267 e. The Hall–Kier alpha value is -3.13. The summed E-state index contributed by atoms with van der Waals surface area (Å²) in [6.45, 7) is 1.36. The molecule has 2 atom stereocenters. The van der Waals surface area contributed by atoms with Crippen molar-refractivity contribution < 1.29 is 28.2 Å². The van der Waals surface area contributed by atoms with Crippen LogP contribution in [0.5, 0.6) is 11.5 Å². The van der Waals surface area contributed by atoms with Gasteiger partial charge in [0.1, 0.15) is 19.0 Å². The highest BCUT2D eigenvalue weighted by atomic mass is 19.1. The summed E-state index contributed by atoms with van der Waals surface area (Å²) in [4.78, 5) is 29.3. The summed E-state index contributed by atoms with van der Waals surface area (Å²) < 4.78 is 30.0. The number of ether oxygens (including phenoxy) is 3. The molecule has 2 heterocycles. The molecule has 0 spiro atoms. The monoisotopic (exact) mass is 470 g/mol. The topological polar surface area (TPSA) is 68.3 Å². The Morgan fingerprint density at radius 2 is 1.79 bits per heavy atom. The number of hydrogen-bond acceptors (Lipinski definition) is 5. The van der Waals surface area contributed by atoms with Crippen LogP contribution in [0.2, 0.25) is 0 Å². The quantitative estimate of drug-likeness (QED) is 0.623. The lowest BCUT2D eigenvalue weighted by atomic mass is 9.84. The Morgan fingerprint density at radius 3 is 2.47 bits per heavy atom. The van der Waals surface area contributed by atoms with Crippen LogP contribution in [0.1, 0.15) is 18.4 Å². The van der Waals surface area contributed by atoms with E-state index in [0.717, 1.165) is 18.4 Å². The average molecular weight is 471 g/mol. The molecule has 2 aromatic carbocycles. The maximum absolute atomic E-state index is 13.4. The number of likely N-dealkylation sites (N-methyl/N-ethyl adjacent to an activating group) is 1. The summed E-state index contributed by atoms with van der Waals surface area (Å²) in [6.07, 6.45) is 1.47. The van der Waals surface area contributed by atoms with Gasteiger partial charge in [0, 0.05) is 33.3 Å². The maximum atomic E-state index is 13.4. The van der Waals surface area contributed by atoms with E-state index in [-0.39, 0.29) is 42.8 Å². The van der Waals surface area contributed by atoms with Gasteiger partial charge in [-0.25, -0.2) is 4.39 Å². The molecular weight excluding hydrogens is 439 g/mol. The van der Waals surface area contributed by atoms with Gasteiger partial charge in [0.25, 0.3) is 5.91 Å². The lowest BCUT2D eigenvalue weighted by Crippen LogP contribution is -2.52. The summed E-state index contributed by atoms with van der Waals surface area (Å²) in [7, 11) is 3.29. The first kappa shape index (κ1) is 24.0. The normalized spacial score (nSPS) is 18.9. The summed E-state index contributed by atoms with van der Waals surface area (Å²) in [5.74, 6) is 0.973. The van der Waals surface area contributed by atoms with Crippen LogP contribution in [-0.2, 0) is 20.7 Å². The first-order chi connectivity index (χ1) is 16.5. The molecule has 1 fully saturated rings. The second-order valence-electron chi connectivity index (χ2n) is 8.86. The Morgan fingerprint density at radius 1 is 1.12 bits per heavy atom. The number of carbonyl (C=O) groups excluding carboxylic acids is 2. The lowest BCUT2D eigenvalue weighted by Gasteiger charge is -2.41. The summed E-state index contributed by atoms with van der Waals surface area (Å²) in [5, 5.41) is 0. The Bertz CT molecular complexity index is 991. The number of para-hydroxylation sites is 2. The van der Waals surface area contributed by atoms with Crippen LogP contribution in [0.4, 0.5) is 4.39 Å². The van der Waals surface area contributed by atoms with Crippen molar-refractivity contribution in [2.75, 3.05) is 40.5 Å². The van der Waals surface area contributed by atoms with Crippen molar-refractivity contribution >= 4 is 11.8 Å². The molecule has 7 nitrogen and oxygen atoms in total. The van der Waals surface area contributed by atoms with Crippen molar-refractivity contribution in [3.8, 4) is 11.5 Å². The van der Waals surface area contributed by atoms with E-state index in [0.29, 0.717) is 31.0 Å². The highest BCUT2D eigenvalue weighted by molar-refractivity contribution is 5.82. The smallest absolute Gasteiger partial charge is 0.267 e. The van der Waals surface area contributed by atoms with Gasteiger partial charge in [0.15, 0.2) is 11.5 Å². The van der Waals surface area contributed by atoms with Gasteiger partial charge in [0.2, 0.25) is 12.0 Å². The van der Waals surface area contributed by atoms with E-state index in [1.165, 1.54) is 19.2 Å². The first-order valence-corrected chi connectivity index (χ1v) is 11.6. The summed E-state index contributed by atoms with van der Waals surface area (Å²) in [6, 6.07) is 13.7. The molecule has 182 valence electrons. The van der Waals surface area contributed by atoms with Gasteiger partial charge in [-0.1, -0.05) is 24.3 Å². The molecule has 2 aliphatic rings. The van der Waals surface area contributed by atoms with E-state index >= 15 is 0 Å². The number of amides is 2. The van der Waals surface area contributed by atoms with Crippen LogP contribution in [0.15, 0.2) is 48.5 Å². The molecule has 4 rings (SSSR count). The number of rotatable bonds is 7. The Kier molecular flexibility index (Phi) is 7.67. The summed E-state index contributed by atoms with van der Waals surface area (Å²) in [5.41, 5.74) is 0.966. The number of hydrogen-bond donors (Lipinski definition) is 0. The minimum Gasteiger partial charge on any atom is -0.485 e. The van der Waals surface area contributed by atoms with Gasteiger partial charge < -0.3 is 24.0 Å². The fourth-order valence-corrected chi connectivity index (χ4v) is 4.74. The van der Waals surface area contributed by atoms with Crippen molar-refractivity contribution in [3.63, 3.8) is 0 Å². The van der Waals surface area contributed by atoms with E-state index < -0.39 is 6.10 Å². The first-order valence-electron chi connectivity index (χ1n) is 11.6. The second kappa shape index (κ2) is 10.9. The number of nitrogens with zero attached hydrogens (tertiary/aromatic N) is 2. The van der Waals surface area contributed by atoms with Crippen LogP contribution in [0.3, 0.4) is 0 Å². The highest BCUT2D eigenvalue weighted by Crippen LogP contribution is 2.32. The highest BCUT2D eigenvalue weighted by Gasteiger charge is 2.36. The van der Waals surface area contributed by atoms with E-state index in [1.807, 2.05) is 23.1 Å². The zero-order valence-electron chi connectivity index (χ0n) is 19.6. The molecule has 34 heavy (non-hydrogen) atoms. The Labute approximate surface area is 199 Å². The Balaban J connectivity index is 1.40. The van der Waals surface area contributed by atoms with Gasteiger partial charge in [-0.2, -0.15) is 0 Å². The molecule has 8 heteroatoms. The average Bonchev–Trinajstić information content (AvgIpc) is 2.87. The molecule has 2 amide bonds. The number of likely N-dealkylation sites (tertiary alicyclic amines) is 1. The standard InChI is InChI=1S/C26H31FN2O5/c1-28(25(30)17-32-2)21(15-18-7-9-20(27)10-8-18)19-11-13-29(14-12-19)26(31)24-16-33-22-5-3-4-6-23(22)34-24/h3-10,19,21,24H,11-17H2,1-2H3/t21-,24+/m1/s1. The molecule has 2 aliphatic heterocycles. The molecule has 0 radical (unpaired) electrons. The third-order valence-electron chi connectivity index (χ3n) is 6.70. The zero-order valence-corrected chi connectivity index (χ0v) is 19.6. The van der Waals surface area contributed by atoms with Gasteiger partial charge in [0.05, 0.1) is 0 Å². The molecule has 0 aromatic heterocycles. The number of halogens is 1. The third kappa shape index (κ3) is 5.50. The van der Waals surface area contributed by atoms with Gasteiger partial charge in [-0.3, -0.25) is 9.59 Å². The van der Waals surface area contributed by atoms with Crippen molar-refractivity contribution in [2.24, 2.45) is 5.92 Å². The van der Waals surface area contributed by atoms with Crippen LogP contribution in [-0.4, -0.2) is 74.2 Å². The fraction of sp³-hybridized carbons (Fsp3) is 0.462. The molecule has 0 aliphatic carbocycles. The van der Waals surface area contributed by atoms with Crippen LogP contribution < -0.4 is 9.47 Å². The number of piperidine rings is 1. The van der Waals surface area contributed by atoms with Crippen molar-refractivity contribution in [3.05, 3.63) is 59.9 Å². The van der Waals surface area contributed by atoms with E-state index in [4.69, 9.17) is 14.2 Å². The number of methoxy groups -OCH3 is 1. The second-order valence-corrected chi connectivity index (χ2v) is 8.86. The third-order valence-corrected chi connectivity index (χ3v) is 6.70. The minimum absolute atomic E-state index is 0.00818. The van der Waals surface area contributed by atoms with Gasteiger partial charge in [-0.15, -0.1) is 0 Å². The van der Waals surface area contributed by atoms with Crippen molar-refractivity contribution in [1.82, 2.24) is 9.80 Å². The molecule has 1 saturated heterocycles. The van der Waals surface area contributed by atoms with E-state index in [1.54, 1.807) is 30.1 Å². The molecule has 2 aromatic rings. The number of benzene rings is 2. The van der Waals surface area contributed by atoms with Crippen molar-refractivity contribution in [1.29, 1.82) is 0 Å². The zero-order chi connectivity index (χ0) is 24.1. The number of carbonyl (C=O) groups is 2. The number of fused-ring (bicyclic) bond motifs is 1. The van der Waals surface area contributed by atoms with Gasteiger partial charge in [-0.05, 0) is 55.0 Å². The predicted molar refractivity (Wildman–Crippen MR) is 124 cm³/mol. The molecular formula is C26H31FN2O5. The summed E-state index contributed by atoms with van der Waals surface area (Å²) >= 11 is 0. The van der Waals surface area contributed by atoms with E-state index in [2.05, 4.69) is 0 Å².